The molecule has 0 bridgehead atoms. The van der Waals surface area contributed by atoms with Gasteiger partial charge in [0.25, 0.3) is 0 Å². The average molecular weight is 236 g/mol. The van der Waals surface area contributed by atoms with Crippen LogP contribution in [0.1, 0.15) is 16.8 Å². The van der Waals surface area contributed by atoms with Crippen molar-refractivity contribution < 1.29 is 18.7 Å². The van der Waals surface area contributed by atoms with Gasteiger partial charge in [-0.3, -0.25) is 0 Å². The third-order valence-electron chi connectivity index (χ3n) is 2.81. The summed E-state index contributed by atoms with van der Waals surface area (Å²) in [6, 6.07) is 8.31. The SMILES string of the molecule is B[C@@H]1O[C@@H](COC(=O)c2ccccc2)C[C@H]1F. The lowest BCUT2D eigenvalue weighted by molar-refractivity contribution is 0.00784. The molecule has 0 aliphatic carbocycles. The summed E-state index contributed by atoms with van der Waals surface area (Å²) < 4.78 is 23.5. The van der Waals surface area contributed by atoms with Crippen LogP contribution < -0.4 is 0 Å². The summed E-state index contributed by atoms with van der Waals surface area (Å²) in [5.41, 5.74) is 0.496. The first-order valence-electron chi connectivity index (χ1n) is 5.68. The second-order valence-electron chi connectivity index (χ2n) is 4.18. The van der Waals surface area contributed by atoms with Crippen molar-refractivity contribution in [2.75, 3.05) is 6.61 Å². The number of halogens is 1. The normalized spacial score (nSPS) is 27.9. The Bertz CT molecular complexity index is 375. The summed E-state index contributed by atoms with van der Waals surface area (Å²) in [6.45, 7) is 0.110. The molecule has 90 valence electrons. The Morgan fingerprint density at radius 2 is 2.18 bits per heavy atom. The Hall–Kier alpha value is -1.36. The molecule has 0 radical (unpaired) electrons. The fraction of sp³-hybridized carbons (Fsp3) is 0.417. The van der Waals surface area contributed by atoms with E-state index >= 15 is 0 Å². The van der Waals surface area contributed by atoms with Gasteiger partial charge in [-0.25, -0.2) is 9.18 Å². The molecular weight excluding hydrogens is 222 g/mol. The topological polar surface area (TPSA) is 35.5 Å². The van der Waals surface area contributed by atoms with Gasteiger partial charge in [0, 0.05) is 6.42 Å². The van der Waals surface area contributed by atoms with Crippen LogP contribution in [-0.2, 0) is 9.47 Å². The molecule has 0 spiro atoms. The Kier molecular flexibility index (Phi) is 3.79. The Balaban J connectivity index is 1.81. The molecular formula is C12H14BFO3. The van der Waals surface area contributed by atoms with Gasteiger partial charge in [0.2, 0.25) is 0 Å². The molecule has 1 heterocycles. The lowest BCUT2D eigenvalue weighted by Crippen LogP contribution is -2.20. The molecule has 0 N–H and O–H groups in total. The van der Waals surface area contributed by atoms with Gasteiger partial charge in [0.1, 0.15) is 20.6 Å². The van der Waals surface area contributed by atoms with Gasteiger partial charge in [-0.2, -0.15) is 0 Å². The van der Waals surface area contributed by atoms with Crippen molar-refractivity contribution in [1.82, 2.24) is 0 Å². The summed E-state index contributed by atoms with van der Waals surface area (Å²) in [4.78, 5) is 11.6. The Morgan fingerprint density at radius 1 is 1.47 bits per heavy atom. The van der Waals surface area contributed by atoms with Crippen LogP contribution >= 0.6 is 0 Å². The molecule has 0 unspecified atom stereocenters. The highest BCUT2D eigenvalue weighted by Crippen LogP contribution is 2.21. The van der Waals surface area contributed by atoms with Crippen LogP contribution in [0.4, 0.5) is 4.39 Å². The maximum Gasteiger partial charge on any atom is 0.338 e. The second-order valence-corrected chi connectivity index (χ2v) is 4.18. The first-order chi connectivity index (χ1) is 8.16. The van der Waals surface area contributed by atoms with Crippen molar-refractivity contribution in [3.05, 3.63) is 35.9 Å². The Labute approximate surface area is 100 Å². The monoisotopic (exact) mass is 236 g/mol. The maximum atomic E-state index is 13.1. The van der Waals surface area contributed by atoms with Crippen molar-refractivity contribution >= 4 is 13.8 Å². The molecule has 0 aromatic heterocycles. The van der Waals surface area contributed by atoms with E-state index in [1.54, 1.807) is 32.1 Å². The Morgan fingerprint density at radius 3 is 2.76 bits per heavy atom. The standard InChI is InChI=1S/C12H14BFO3/c13-11-10(14)6-9(17-11)7-16-12(15)8-4-2-1-3-5-8/h1-5,9-11H,6-7,13H2/t9-,10-,11-/m1/s1. The minimum Gasteiger partial charge on any atom is -0.459 e. The number of hydrogen-bond acceptors (Lipinski definition) is 3. The van der Waals surface area contributed by atoms with E-state index in [1.165, 1.54) is 0 Å². The number of carbonyl (C=O) groups is 1. The highest BCUT2D eigenvalue weighted by Gasteiger charge is 2.32. The first-order valence-corrected chi connectivity index (χ1v) is 5.68. The second kappa shape index (κ2) is 5.32. The molecule has 1 aromatic carbocycles. The van der Waals surface area contributed by atoms with Gasteiger partial charge in [-0.05, 0) is 12.1 Å². The van der Waals surface area contributed by atoms with Gasteiger partial charge in [-0.15, -0.1) is 0 Å². The molecule has 0 saturated carbocycles. The molecule has 1 aliphatic heterocycles. The van der Waals surface area contributed by atoms with E-state index in [4.69, 9.17) is 9.47 Å². The van der Waals surface area contributed by atoms with Crippen LogP contribution in [0.15, 0.2) is 30.3 Å². The smallest absolute Gasteiger partial charge is 0.338 e. The lowest BCUT2D eigenvalue weighted by atomic mass is 9.96. The third kappa shape index (κ3) is 3.06. The van der Waals surface area contributed by atoms with Crippen molar-refractivity contribution in [1.29, 1.82) is 0 Å². The minimum atomic E-state index is -0.963. The maximum absolute atomic E-state index is 13.1. The number of rotatable bonds is 3. The summed E-state index contributed by atoms with van der Waals surface area (Å²) >= 11 is 0. The van der Waals surface area contributed by atoms with Crippen molar-refractivity contribution in [3.8, 4) is 0 Å². The summed E-state index contributed by atoms with van der Waals surface area (Å²) in [5.74, 6) is -0.399. The highest BCUT2D eigenvalue weighted by molar-refractivity contribution is 6.11. The molecule has 2 rings (SSSR count). The van der Waals surface area contributed by atoms with E-state index in [9.17, 15) is 9.18 Å². The largest absolute Gasteiger partial charge is 0.459 e. The molecule has 1 fully saturated rings. The molecule has 0 amide bonds. The van der Waals surface area contributed by atoms with E-state index in [0.717, 1.165) is 0 Å². The van der Waals surface area contributed by atoms with Gasteiger partial charge >= 0.3 is 5.97 Å². The van der Waals surface area contributed by atoms with E-state index < -0.39 is 18.1 Å². The van der Waals surface area contributed by atoms with Crippen LogP contribution in [0, 0.1) is 0 Å². The summed E-state index contributed by atoms with van der Waals surface area (Å²) in [7, 11) is 1.68. The fourth-order valence-corrected chi connectivity index (χ4v) is 1.82. The predicted octanol–water partition coefficient (Wildman–Crippen LogP) is 0.930. The molecule has 1 saturated heterocycles. The van der Waals surface area contributed by atoms with Gasteiger partial charge in [-0.1, -0.05) is 18.2 Å². The summed E-state index contributed by atoms with van der Waals surface area (Å²) in [5, 5.41) is 0. The zero-order valence-electron chi connectivity index (χ0n) is 9.64. The highest BCUT2D eigenvalue weighted by atomic mass is 19.1. The minimum absolute atomic E-state index is 0.110. The predicted molar refractivity (Wildman–Crippen MR) is 63.4 cm³/mol. The number of alkyl halides is 1. The number of carbonyl (C=O) groups excluding carboxylic acids is 1. The lowest BCUT2D eigenvalue weighted by Gasteiger charge is -2.11. The fourth-order valence-electron chi connectivity index (χ4n) is 1.82. The zero-order valence-corrected chi connectivity index (χ0v) is 9.64. The molecule has 1 aliphatic rings. The number of ether oxygens (including phenoxy) is 2. The van der Waals surface area contributed by atoms with E-state index in [1.807, 2.05) is 6.07 Å². The van der Waals surface area contributed by atoms with Crippen LogP contribution in [0.2, 0.25) is 0 Å². The molecule has 3 atom stereocenters. The molecule has 17 heavy (non-hydrogen) atoms. The molecule has 3 nitrogen and oxygen atoms in total. The van der Waals surface area contributed by atoms with Crippen LogP contribution in [0.25, 0.3) is 0 Å². The van der Waals surface area contributed by atoms with Crippen molar-refractivity contribution in [2.24, 2.45) is 0 Å². The number of benzene rings is 1. The average Bonchev–Trinajstić information content (AvgIpc) is 2.67. The van der Waals surface area contributed by atoms with Crippen LogP contribution in [0.3, 0.4) is 0 Å². The van der Waals surface area contributed by atoms with E-state index in [-0.39, 0.29) is 12.7 Å². The number of esters is 1. The number of hydrogen-bond donors (Lipinski definition) is 0. The summed E-state index contributed by atoms with van der Waals surface area (Å²) in [6.07, 6.45) is -0.994. The van der Waals surface area contributed by atoms with Gasteiger partial charge < -0.3 is 9.47 Å². The van der Waals surface area contributed by atoms with Crippen LogP contribution in [-0.4, -0.2) is 38.7 Å². The van der Waals surface area contributed by atoms with Crippen LogP contribution in [0.5, 0.6) is 0 Å². The third-order valence-corrected chi connectivity index (χ3v) is 2.81. The van der Waals surface area contributed by atoms with Gasteiger partial charge in [0.15, 0.2) is 0 Å². The quantitative estimate of drug-likeness (QED) is 0.578. The zero-order chi connectivity index (χ0) is 12.3. The van der Waals surface area contributed by atoms with E-state index in [0.29, 0.717) is 12.0 Å². The molecule has 5 heteroatoms. The van der Waals surface area contributed by atoms with Crippen molar-refractivity contribution in [3.63, 3.8) is 0 Å². The van der Waals surface area contributed by atoms with Gasteiger partial charge in [0.05, 0.1) is 17.7 Å². The van der Waals surface area contributed by atoms with E-state index in [2.05, 4.69) is 0 Å². The molecule has 1 aromatic rings. The first kappa shape index (κ1) is 12.1. The van der Waals surface area contributed by atoms with Crippen molar-refractivity contribution in [2.45, 2.75) is 24.7 Å².